The summed E-state index contributed by atoms with van der Waals surface area (Å²) in [6, 6.07) is 7.29. The lowest BCUT2D eigenvalue weighted by atomic mass is 10.1. The third kappa shape index (κ3) is 3.19. The smallest absolute Gasteiger partial charge is 0.264 e. The molecule has 2 unspecified atom stereocenters. The lowest BCUT2D eigenvalue weighted by Crippen LogP contribution is -2.47. The van der Waals surface area contributed by atoms with Gasteiger partial charge in [-0.3, -0.25) is 4.79 Å². The zero-order valence-electron chi connectivity index (χ0n) is 10.9. The molecule has 0 saturated heterocycles. The van der Waals surface area contributed by atoms with Crippen molar-refractivity contribution in [1.82, 2.24) is 5.32 Å². The second kappa shape index (κ2) is 6.14. The van der Waals surface area contributed by atoms with E-state index in [1.165, 1.54) is 0 Å². The summed E-state index contributed by atoms with van der Waals surface area (Å²) in [5, 5.41) is 2.88. The van der Waals surface area contributed by atoms with E-state index in [1.807, 2.05) is 25.1 Å². The topological polar surface area (TPSA) is 47.6 Å². The largest absolute Gasteiger partial charge is 0.485 e. The van der Waals surface area contributed by atoms with Crippen molar-refractivity contribution in [3.63, 3.8) is 0 Å². The van der Waals surface area contributed by atoms with E-state index in [4.69, 9.17) is 15.9 Å². The lowest BCUT2D eigenvalue weighted by molar-refractivity contribution is -0.131. The highest BCUT2D eigenvalue weighted by Crippen LogP contribution is 2.30. The average Bonchev–Trinajstić information content (AvgIpc) is 2.46. The molecule has 4 nitrogen and oxygen atoms in total. The van der Waals surface area contributed by atoms with Gasteiger partial charge in [0.15, 0.2) is 11.5 Å². The van der Waals surface area contributed by atoms with E-state index in [0.717, 1.165) is 6.42 Å². The molecule has 1 aromatic carbocycles. The monoisotopic (exact) mass is 259 g/mol. The molecular formula is C15H17NO3. The summed E-state index contributed by atoms with van der Waals surface area (Å²) in [6.07, 6.45) is 5.95. The highest BCUT2D eigenvalue weighted by Gasteiger charge is 2.28. The van der Waals surface area contributed by atoms with E-state index in [2.05, 4.69) is 11.2 Å². The first-order valence-corrected chi connectivity index (χ1v) is 6.37. The molecule has 1 aliphatic rings. The zero-order chi connectivity index (χ0) is 13.7. The van der Waals surface area contributed by atoms with E-state index >= 15 is 0 Å². The SMILES string of the molecule is C#CCC(CC)NC(=O)C1COc2ccccc2O1. The van der Waals surface area contributed by atoms with E-state index < -0.39 is 6.10 Å². The summed E-state index contributed by atoms with van der Waals surface area (Å²) in [5.74, 6) is 3.64. The molecule has 0 radical (unpaired) electrons. The Morgan fingerprint density at radius 3 is 2.95 bits per heavy atom. The fraction of sp³-hybridized carbons (Fsp3) is 0.400. The van der Waals surface area contributed by atoms with Crippen LogP contribution in [0.2, 0.25) is 0 Å². The molecule has 19 heavy (non-hydrogen) atoms. The van der Waals surface area contributed by atoms with Gasteiger partial charge < -0.3 is 14.8 Å². The fourth-order valence-electron chi connectivity index (χ4n) is 1.88. The van der Waals surface area contributed by atoms with Gasteiger partial charge in [0, 0.05) is 12.5 Å². The summed E-state index contributed by atoms with van der Waals surface area (Å²) in [7, 11) is 0. The summed E-state index contributed by atoms with van der Waals surface area (Å²) >= 11 is 0. The summed E-state index contributed by atoms with van der Waals surface area (Å²) in [4.78, 5) is 12.1. The van der Waals surface area contributed by atoms with Crippen LogP contribution in [-0.4, -0.2) is 24.7 Å². The number of para-hydroxylation sites is 2. The van der Waals surface area contributed by atoms with Crippen LogP contribution >= 0.6 is 0 Å². The fourth-order valence-corrected chi connectivity index (χ4v) is 1.88. The molecule has 1 N–H and O–H groups in total. The van der Waals surface area contributed by atoms with Crippen molar-refractivity contribution >= 4 is 5.91 Å². The Morgan fingerprint density at radius 1 is 1.53 bits per heavy atom. The van der Waals surface area contributed by atoms with Crippen LogP contribution in [0.3, 0.4) is 0 Å². The summed E-state index contributed by atoms with van der Waals surface area (Å²) in [5.41, 5.74) is 0. The molecule has 1 aliphatic heterocycles. The Morgan fingerprint density at radius 2 is 2.26 bits per heavy atom. The van der Waals surface area contributed by atoms with Crippen LogP contribution in [0.5, 0.6) is 11.5 Å². The number of ether oxygens (including phenoxy) is 2. The van der Waals surface area contributed by atoms with Gasteiger partial charge in [-0.05, 0) is 18.6 Å². The number of hydrogen-bond acceptors (Lipinski definition) is 3. The second-order valence-electron chi connectivity index (χ2n) is 4.39. The lowest BCUT2D eigenvalue weighted by Gasteiger charge is -2.27. The Bertz CT molecular complexity index is 492. The van der Waals surface area contributed by atoms with E-state index in [1.54, 1.807) is 6.07 Å². The maximum atomic E-state index is 12.1. The standard InChI is InChI=1S/C15H17NO3/c1-3-7-11(4-2)16-15(17)14-10-18-12-8-5-6-9-13(12)19-14/h1,5-6,8-9,11,14H,4,7,10H2,2H3,(H,16,17). The van der Waals surface area contributed by atoms with Gasteiger partial charge in [0.1, 0.15) is 6.61 Å². The van der Waals surface area contributed by atoms with Gasteiger partial charge in [0.25, 0.3) is 5.91 Å². The van der Waals surface area contributed by atoms with Crippen LogP contribution < -0.4 is 14.8 Å². The molecule has 2 rings (SSSR count). The third-order valence-electron chi connectivity index (χ3n) is 3.00. The van der Waals surface area contributed by atoms with Crippen molar-refractivity contribution in [2.75, 3.05) is 6.61 Å². The van der Waals surface area contributed by atoms with Crippen LogP contribution in [0, 0.1) is 12.3 Å². The van der Waals surface area contributed by atoms with E-state index in [-0.39, 0.29) is 18.6 Å². The maximum Gasteiger partial charge on any atom is 0.264 e. The molecule has 0 fully saturated rings. The first-order valence-electron chi connectivity index (χ1n) is 6.37. The second-order valence-corrected chi connectivity index (χ2v) is 4.39. The number of benzene rings is 1. The molecule has 4 heteroatoms. The Balaban J connectivity index is 1.97. The first-order chi connectivity index (χ1) is 9.24. The third-order valence-corrected chi connectivity index (χ3v) is 3.00. The van der Waals surface area contributed by atoms with Crippen LogP contribution in [0.25, 0.3) is 0 Å². The number of fused-ring (bicyclic) bond motifs is 1. The summed E-state index contributed by atoms with van der Waals surface area (Å²) in [6.45, 7) is 2.20. The van der Waals surface area contributed by atoms with Gasteiger partial charge >= 0.3 is 0 Å². The zero-order valence-corrected chi connectivity index (χ0v) is 10.9. The Hall–Kier alpha value is -2.15. The molecule has 100 valence electrons. The molecule has 2 atom stereocenters. The normalized spacial score (nSPS) is 18.2. The van der Waals surface area contributed by atoms with Crippen LogP contribution in [0.4, 0.5) is 0 Å². The van der Waals surface area contributed by atoms with Crippen molar-refractivity contribution in [2.45, 2.75) is 31.9 Å². The minimum absolute atomic E-state index is 0.0155. The van der Waals surface area contributed by atoms with Crippen LogP contribution in [-0.2, 0) is 4.79 Å². The number of hydrogen-bond donors (Lipinski definition) is 1. The molecule has 0 saturated carbocycles. The minimum atomic E-state index is -0.623. The maximum absolute atomic E-state index is 12.1. The van der Waals surface area contributed by atoms with Crippen molar-refractivity contribution < 1.29 is 14.3 Å². The predicted octanol–water partition coefficient (Wildman–Crippen LogP) is 1.74. The van der Waals surface area contributed by atoms with Gasteiger partial charge in [-0.25, -0.2) is 0 Å². The van der Waals surface area contributed by atoms with Gasteiger partial charge in [-0.1, -0.05) is 19.1 Å². The highest BCUT2D eigenvalue weighted by atomic mass is 16.6. The van der Waals surface area contributed by atoms with E-state index in [0.29, 0.717) is 17.9 Å². The molecule has 1 heterocycles. The number of terminal acetylenes is 1. The number of carbonyl (C=O) groups excluding carboxylic acids is 1. The average molecular weight is 259 g/mol. The van der Waals surface area contributed by atoms with E-state index in [9.17, 15) is 4.79 Å². The molecule has 0 aromatic heterocycles. The molecular weight excluding hydrogens is 242 g/mol. The molecule has 1 amide bonds. The van der Waals surface area contributed by atoms with Crippen molar-refractivity contribution in [3.05, 3.63) is 24.3 Å². The molecule has 1 aromatic rings. The molecule has 0 spiro atoms. The Labute approximate surface area is 113 Å². The number of amides is 1. The molecule has 0 aliphatic carbocycles. The minimum Gasteiger partial charge on any atom is -0.485 e. The number of nitrogens with one attached hydrogen (secondary N) is 1. The van der Waals surface area contributed by atoms with Gasteiger partial charge in [-0.15, -0.1) is 12.3 Å². The van der Waals surface area contributed by atoms with Crippen molar-refractivity contribution in [3.8, 4) is 23.8 Å². The first kappa shape index (κ1) is 13.3. The van der Waals surface area contributed by atoms with Gasteiger partial charge in [0.05, 0.1) is 0 Å². The van der Waals surface area contributed by atoms with Gasteiger partial charge in [-0.2, -0.15) is 0 Å². The van der Waals surface area contributed by atoms with Crippen molar-refractivity contribution in [2.24, 2.45) is 0 Å². The summed E-state index contributed by atoms with van der Waals surface area (Å²) < 4.78 is 11.1. The quantitative estimate of drug-likeness (QED) is 0.838. The Kier molecular flexibility index (Phi) is 4.30. The van der Waals surface area contributed by atoms with Crippen molar-refractivity contribution in [1.29, 1.82) is 0 Å². The molecule has 0 bridgehead atoms. The highest BCUT2D eigenvalue weighted by molar-refractivity contribution is 5.82. The van der Waals surface area contributed by atoms with Crippen LogP contribution in [0.15, 0.2) is 24.3 Å². The predicted molar refractivity (Wildman–Crippen MR) is 72.0 cm³/mol. The number of carbonyl (C=O) groups is 1. The van der Waals surface area contributed by atoms with Gasteiger partial charge in [0.2, 0.25) is 6.10 Å². The number of rotatable bonds is 4. The van der Waals surface area contributed by atoms with Crippen LogP contribution in [0.1, 0.15) is 19.8 Å².